The highest BCUT2D eigenvalue weighted by molar-refractivity contribution is 5.83. The summed E-state index contributed by atoms with van der Waals surface area (Å²) < 4.78 is 0. The monoisotopic (exact) mass is 773 g/mol. The molecular weight excluding hydrogens is 727 g/mol. The minimum absolute atomic E-state index is 0.843. The van der Waals surface area contributed by atoms with Crippen LogP contribution in [0.15, 0.2) is 237 Å². The van der Waals surface area contributed by atoms with Crippen LogP contribution in [0.25, 0.3) is 11.1 Å². The second kappa shape index (κ2) is 17.5. The van der Waals surface area contributed by atoms with Crippen LogP contribution < -0.4 is 14.7 Å². The molecule has 0 heterocycles. The first-order valence-corrected chi connectivity index (χ1v) is 20.6. The third kappa shape index (κ3) is 8.48. The molecule has 0 fully saturated rings. The largest absolute Gasteiger partial charge is 0.311 e. The molecule has 0 spiro atoms. The lowest BCUT2D eigenvalue weighted by Gasteiger charge is -2.27. The summed E-state index contributed by atoms with van der Waals surface area (Å²) in [6.45, 7) is 4.26. The zero-order chi connectivity index (χ0) is 40.7. The highest BCUT2D eigenvalue weighted by Crippen LogP contribution is 2.40. The molecule has 0 N–H and O–H groups in total. The molecule has 0 saturated heterocycles. The van der Waals surface area contributed by atoms with Crippen LogP contribution >= 0.6 is 0 Å². The molecule has 0 aliphatic rings. The molecule has 0 aliphatic carbocycles. The minimum atomic E-state index is 0.843. The molecule has 0 atom stereocenters. The maximum absolute atomic E-state index is 2.34. The summed E-state index contributed by atoms with van der Waals surface area (Å²) >= 11 is 0. The molecule has 0 aliphatic heterocycles. The normalized spacial score (nSPS) is 10.9. The van der Waals surface area contributed by atoms with Crippen molar-refractivity contribution in [2.45, 2.75) is 20.3 Å². The first kappa shape index (κ1) is 37.9. The summed E-state index contributed by atoms with van der Waals surface area (Å²) in [6, 6.07) is 85.0. The molecule has 9 aromatic rings. The SMILES string of the molecule is Cc1ccc(N(c2ccccc2)c2ccc(Cc3ccc(N(c4ccccc4)c4cccc(-c5cccc(N(c6ccccc6)c6ccc(C)cc6)c5)c4)cc3)cc2)cc1. The number of anilines is 9. The van der Waals surface area contributed by atoms with Gasteiger partial charge >= 0.3 is 0 Å². The van der Waals surface area contributed by atoms with Crippen molar-refractivity contribution in [1.82, 2.24) is 0 Å². The molecular formula is C57H47N3. The van der Waals surface area contributed by atoms with E-state index < -0.39 is 0 Å². The minimum Gasteiger partial charge on any atom is -0.311 e. The van der Waals surface area contributed by atoms with E-state index in [9.17, 15) is 0 Å². The Kier molecular flexibility index (Phi) is 11.0. The number of para-hydroxylation sites is 3. The van der Waals surface area contributed by atoms with Crippen molar-refractivity contribution >= 4 is 51.2 Å². The lowest BCUT2D eigenvalue weighted by Crippen LogP contribution is -2.10. The molecule has 60 heavy (non-hydrogen) atoms. The molecule has 0 unspecified atom stereocenters. The summed E-state index contributed by atoms with van der Waals surface area (Å²) in [7, 11) is 0. The van der Waals surface area contributed by atoms with E-state index >= 15 is 0 Å². The van der Waals surface area contributed by atoms with Gasteiger partial charge in [-0.15, -0.1) is 0 Å². The van der Waals surface area contributed by atoms with E-state index in [1.807, 2.05) is 0 Å². The smallest absolute Gasteiger partial charge is 0.0467 e. The van der Waals surface area contributed by atoms with E-state index in [-0.39, 0.29) is 0 Å². The summed E-state index contributed by atoms with van der Waals surface area (Å²) in [4.78, 5) is 6.98. The molecule has 0 radical (unpaired) electrons. The molecule has 9 aromatic carbocycles. The van der Waals surface area contributed by atoms with Gasteiger partial charge in [-0.3, -0.25) is 0 Å². The van der Waals surface area contributed by atoms with Gasteiger partial charge in [-0.05, 0) is 152 Å². The van der Waals surface area contributed by atoms with Gasteiger partial charge in [-0.1, -0.05) is 139 Å². The first-order chi connectivity index (χ1) is 29.6. The van der Waals surface area contributed by atoms with Crippen LogP contribution in [0.1, 0.15) is 22.3 Å². The standard InChI is InChI=1S/C57H47N3/c1-43-24-32-52(33-25-43)58(49-16-6-3-7-17-49)54-36-28-45(29-37-54)40-46-30-38-55(39-31-46)60(51-20-10-5-11-21-51)57-23-13-15-48(42-57)47-14-12-22-56(41-47)59(50-18-8-4-9-19-50)53-34-26-44(2)27-35-53/h3-39,41-42H,40H2,1-2H3. The number of benzene rings is 9. The van der Waals surface area contributed by atoms with Crippen LogP contribution in [0, 0.1) is 13.8 Å². The molecule has 0 aromatic heterocycles. The molecule has 3 heteroatoms. The first-order valence-electron chi connectivity index (χ1n) is 20.6. The van der Waals surface area contributed by atoms with Gasteiger partial charge in [0.1, 0.15) is 0 Å². The Hall–Kier alpha value is -7.62. The van der Waals surface area contributed by atoms with Crippen molar-refractivity contribution in [1.29, 1.82) is 0 Å². The van der Waals surface area contributed by atoms with Crippen LogP contribution in [0.3, 0.4) is 0 Å². The predicted molar refractivity (Wildman–Crippen MR) is 255 cm³/mol. The molecule has 0 amide bonds. The van der Waals surface area contributed by atoms with Gasteiger partial charge in [0, 0.05) is 51.2 Å². The van der Waals surface area contributed by atoms with Crippen molar-refractivity contribution in [3.63, 3.8) is 0 Å². The average Bonchev–Trinajstić information content (AvgIpc) is 3.30. The lowest BCUT2D eigenvalue weighted by molar-refractivity contribution is 1.18. The zero-order valence-corrected chi connectivity index (χ0v) is 34.1. The Morgan fingerprint density at radius 1 is 0.250 bits per heavy atom. The van der Waals surface area contributed by atoms with Crippen LogP contribution in [0.2, 0.25) is 0 Å². The van der Waals surface area contributed by atoms with Crippen molar-refractivity contribution < 1.29 is 0 Å². The Balaban J connectivity index is 0.989. The van der Waals surface area contributed by atoms with E-state index in [0.29, 0.717) is 0 Å². The predicted octanol–water partition coefficient (Wildman–Crippen LogP) is 16.0. The number of hydrogen-bond donors (Lipinski definition) is 0. The molecule has 0 bridgehead atoms. The van der Waals surface area contributed by atoms with Gasteiger partial charge in [0.25, 0.3) is 0 Å². The van der Waals surface area contributed by atoms with Crippen molar-refractivity contribution in [3.8, 4) is 11.1 Å². The van der Waals surface area contributed by atoms with Gasteiger partial charge in [0.2, 0.25) is 0 Å². The lowest BCUT2D eigenvalue weighted by atomic mass is 10.0. The van der Waals surface area contributed by atoms with Gasteiger partial charge in [-0.25, -0.2) is 0 Å². The second-order valence-corrected chi connectivity index (χ2v) is 15.3. The van der Waals surface area contributed by atoms with Crippen molar-refractivity contribution in [2.24, 2.45) is 0 Å². The van der Waals surface area contributed by atoms with E-state index in [4.69, 9.17) is 0 Å². The molecule has 290 valence electrons. The number of nitrogens with zero attached hydrogens (tertiary/aromatic N) is 3. The highest BCUT2D eigenvalue weighted by Gasteiger charge is 2.17. The topological polar surface area (TPSA) is 9.72 Å². The van der Waals surface area contributed by atoms with Gasteiger partial charge < -0.3 is 14.7 Å². The molecule has 0 saturated carbocycles. The van der Waals surface area contributed by atoms with Crippen molar-refractivity contribution in [3.05, 3.63) is 259 Å². The van der Waals surface area contributed by atoms with E-state index in [1.54, 1.807) is 0 Å². The molecule has 9 rings (SSSR count). The van der Waals surface area contributed by atoms with Gasteiger partial charge in [0.05, 0.1) is 0 Å². The quantitative estimate of drug-likeness (QED) is 0.122. The summed E-state index contributed by atoms with van der Waals surface area (Å²) in [6.07, 6.45) is 0.843. The van der Waals surface area contributed by atoms with E-state index in [0.717, 1.165) is 68.7 Å². The Morgan fingerprint density at radius 3 is 0.850 bits per heavy atom. The number of aryl methyl sites for hydroxylation is 2. The zero-order valence-electron chi connectivity index (χ0n) is 34.1. The fourth-order valence-corrected chi connectivity index (χ4v) is 7.87. The van der Waals surface area contributed by atoms with Crippen LogP contribution in [0.5, 0.6) is 0 Å². The summed E-state index contributed by atoms with van der Waals surface area (Å²) in [5.41, 5.74) is 17.4. The number of hydrogen-bond acceptors (Lipinski definition) is 3. The number of rotatable bonds is 12. The Labute approximate surface area is 354 Å². The highest BCUT2D eigenvalue weighted by atomic mass is 15.2. The van der Waals surface area contributed by atoms with Crippen LogP contribution in [-0.2, 0) is 6.42 Å². The van der Waals surface area contributed by atoms with E-state index in [1.165, 1.54) is 22.3 Å². The third-order valence-electron chi connectivity index (χ3n) is 11.0. The van der Waals surface area contributed by atoms with Crippen LogP contribution in [0.4, 0.5) is 51.2 Å². The van der Waals surface area contributed by atoms with Crippen LogP contribution in [-0.4, -0.2) is 0 Å². The Bertz CT molecular complexity index is 2760. The van der Waals surface area contributed by atoms with E-state index in [2.05, 4.69) is 265 Å². The van der Waals surface area contributed by atoms with Gasteiger partial charge in [0.15, 0.2) is 0 Å². The molecule has 3 nitrogen and oxygen atoms in total. The third-order valence-corrected chi connectivity index (χ3v) is 11.0. The second-order valence-electron chi connectivity index (χ2n) is 15.3. The Morgan fingerprint density at radius 2 is 0.517 bits per heavy atom. The average molecular weight is 774 g/mol. The fraction of sp³-hybridized carbons (Fsp3) is 0.0526. The summed E-state index contributed by atoms with van der Waals surface area (Å²) in [5.74, 6) is 0. The summed E-state index contributed by atoms with van der Waals surface area (Å²) in [5, 5.41) is 0. The van der Waals surface area contributed by atoms with Crippen molar-refractivity contribution in [2.75, 3.05) is 14.7 Å². The maximum atomic E-state index is 2.34. The van der Waals surface area contributed by atoms with Gasteiger partial charge in [-0.2, -0.15) is 0 Å². The maximum Gasteiger partial charge on any atom is 0.0467 e. The fourth-order valence-electron chi connectivity index (χ4n) is 7.87.